The van der Waals surface area contributed by atoms with Gasteiger partial charge in [-0.25, -0.2) is 0 Å². The predicted octanol–water partition coefficient (Wildman–Crippen LogP) is 14.9. The highest BCUT2D eigenvalue weighted by atomic mass is 28.3. The number of allylic oxidation sites excluding steroid dienone is 8. The average Bonchev–Trinajstić information content (AvgIpc) is 1.47. The van der Waals surface area contributed by atoms with E-state index in [4.69, 9.17) is 0 Å². The quantitative estimate of drug-likeness (QED) is 0.0710. The lowest BCUT2D eigenvalue weighted by Crippen LogP contribution is -2.71. The molecule has 8 rings (SSSR count). The first-order chi connectivity index (χ1) is 39.1. The molecule has 0 amide bonds. The molecule has 0 radical (unpaired) electrons. The summed E-state index contributed by atoms with van der Waals surface area (Å²) in [5.41, 5.74) is 16.9. The van der Waals surface area contributed by atoms with E-state index in [-0.39, 0.29) is 10.8 Å². The van der Waals surface area contributed by atoms with Gasteiger partial charge in [0.25, 0.3) is 0 Å². The van der Waals surface area contributed by atoms with E-state index in [1.165, 1.54) is 44.5 Å². The zero-order chi connectivity index (χ0) is 64.7. The molecule has 0 saturated carbocycles. The Morgan fingerprint density at radius 3 is 0.477 bits per heavy atom. The topological polar surface area (TPSA) is 0 Å². The summed E-state index contributed by atoms with van der Waals surface area (Å²) in [4.78, 5) is 0. The van der Waals surface area contributed by atoms with Crippen molar-refractivity contribution in [3.63, 3.8) is 0 Å². The van der Waals surface area contributed by atoms with Crippen LogP contribution < -0.4 is 62.2 Å². The van der Waals surface area contributed by atoms with Crippen molar-refractivity contribution in [3.05, 3.63) is 186 Å². The third-order valence-electron chi connectivity index (χ3n) is 21.6. The Balaban J connectivity index is 1.66. The Morgan fingerprint density at radius 1 is 0.198 bits per heavy atom. The minimum absolute atomic E-state index is 0.369. The van der Waals surface area contributed by atoms with Crippen molar-refractivity contribution in [2.75, 3.05) is 0 Å². The molecular weight excluding hydrogens is 1160 g/mol. The van der Waals surface area contributed by atoms with Gasteiger partial charge in [-0.05, 0) is 125 Å². The van der Waals surface area contributed by atoms with Gasteiger partial charge in [0.15, 0.2) is 16.1 Å². The maximum Gasteiger partial charge on any atom is 0.179 e. The van der Waals surface area contributed by atoms with E-state index in [9.17, 15) is 0 Å². The number of hydrogen-bond donors (Lipinski definition) is 0. The minimum atomic E-state index is -3.24. The van der Waals surface area contributed by atoms with Crippen LogP contribution in [0.3, 0.4) is 0 Å². The second-order valence-electron chi connectivity index (χ2n) is 34.3. The normalized spacial score (nSPS) is 18.8. The molecule has 0 nitrogen and oxygen atoms in total. The van der Waals surface area contributed by atoms with Gasteiger partial charge in [0, 0.05) is 10.8 Å². The van der Waals surface area contributed by atoms with Crippen LogP contribution in [0, 0.1) is 52.4 Å². The Kier molecular flexibility index (Phi) is 17.7. The molecule has 0 aromatic heterocycles. The van der Waals surface area contributed by atoms with Gasteiger partial charge >= 0.3 is 0 Å². The fourth-order valence-corrected chi connectivity index (χ4v) is 36.0. The van der Waals surface area contributed by atoms with E-state index < -0.39 is 64.6 Å². The van der Waals surface area contributed by atoms with Gasteiger partial charge in [-0.2, -0.15) is 0 Å². The number of rotatable bonds is 15. The van der Waals surface area contributed by atoms with Crippen molar-refractivity contribution < 1.29 is 0 Å². The van der Waals surface area contributed by atoms with Crippen molar-refractivity contribution >= 4 is 127 Å². The third kappa shape index (κ3) is 11.4. The van der Waals surface area contributed by atoms with Gasteiger partial charge in [0.05, 0.1) is 48.4 Å². The van der Waals surface area contributed by atoms with Crippen LogP contribution in [-0.2, 0) is 0 Å². The molecule has 0 N–H and O–H groups in total. The first-order valence-corrected chi connectivity index (χ1v) is 57.6. The highest BCUT2D eigenvalue weighted by Gasteiger charge is 2.62. The van der Waals surface area contributed by atoms with E-state index >= 15 is 0 Å². The van der Waals surface area contributed by atoms with E-state index in [0.717, 1.165) is 0 Å². The van der Waals surface area contributed by atoms with E-state index in [2.05, 4.69) is 324 Å². The lowest BCUT2D eigenvalue weighted by molar-refractivity contribution is 0.249. The molecule has 458 valence electrons. The summed E-state index contributed by atoms with van der Waals surface area (Å²) in [5, 5.41) is 22.1. The zero-order valence-corrected chi connectivity index (χ0v) is 68.4. The molecule has 0 spiro atoms. The van der Waals surface area contributed by atoms with Crippen molar-refractivity contribution in [2.45, 2.75) is 215 Å². The van der Waals surface area contributed by atoms with Crippen LogP contribution >= 0.6 is 0 Å². The average molecular weight is 1280 g/mol. The van der Waals surface area contributed by atoms with Crippen molar-refractivity contribution in [1.29, 1.82) is 0 Å². The Morgan fingerprint density at radius 2 is 0.337 bits per heavy atom. The molecule has 0 saturated heterocycles. The van der Waals surface area contributed by atoms with Crippen LogP contribution in [0.5, 0.6) is 0 Å². The Bertz CT molecular complexity index is 3310. The van der Waals surface area contributed by atoms with Crippen molar-refractivity contribution in [2.24, 2.45) is 10.8 Å². The summed E-state index contributed by atoms with van der Waals surface area (Å²) in [7, 11) is -17.4. The van der Waals surface area contributed by atoms with Crippen LogP contribution in [-0.4, -0.2) is 64.6 Å². The summed E-state index contributed by atoms with van der Waals surface area (Å²) in [5.74, 6) is 0. The van der Waals surface area contributed by atoms with Crippen LogP contribution in [0.25, 0.3) is 0 Å². The molecule has 2 aliphatic rings. The fourth-order valence-electron chi connectivity index (χ4n) is 15.8. The largest absolute Gasteiger partial charge is 0.179 e. The third-order valence-corrected chi connectivity index (χ3v) is 43.7. The molecule has 0 heterocycles. The molecule has 8 heteroatoms. The number of benzene rings is 6. The SMILES string of the molecule is CC1=C(C)C(C)(C2(C)C(C)=C(C)C([Si](c3cc(C)cc([Si](C)(C)C)c3)(c3cc(C)cc([Si](C)(C)C)c3)c3cc(C)cc([Si](C)(C)C)c3)=C2C)C(C)=C1[Si](c1cc(C)cc([Si](C)(C)C)c1)(c1cc(C)cc([Si](C)(C)C)c1)c1cc(C)cc([Si](C)(C)C)c1. The highest BCUT2D eigenvalue weighted by Crippen LogP contribution is 2.67. The van der Waals surface area contributed by atoms with E-state index in [1.807, 2.05) is 0 Å². The lowest BCUT2D eigenvalue weighted by atomic mass is 9.55. The zero-order valence-electron chi connectivity index (χ0n) is 60.4. The molecule has 2 aliphatic carbocycles. The van der Waals surface area contributed by atoms with Crippen LogP contribution in [0.4, 0.5) is 0 Å². The summed E-state index contributed by atoms with van der Waals surface area (Å²) in [6, 6.07) is 48.1. The van der Waals surface area contributed by atoms with Gasteiger partial charge < -0.3 is 0 Å². The molecule has 2 unspecified atom stereocenters. The molecule has 86 heavy (non-hydrogen) atoms. The fraction of sp³-hybridized carbons (Fsp3) is 0.436. The molecule has 6 aromatic rings. The van der Waals surface area contributed by atoms with Gasteiger partial charge in [-0.1, -0.05) is 339 Å². The molecular formula is C78H114Si8. The van der Waals surface area contributed by atoms with Gasteiger partial charge in [0.1, 0.15) is 0 Å². The van der Waals surface area contributed by atoms with Crippen LogP contribution in [0.1, 0.15) is 88.8 Å². The van der Waals surface area contributed by atoms with Gasteiger partial charge in [0.2, 0.25) is 0 Å². The Hall–Kier alpha value is -3.98. The first kappa shape index (κ1) is 67.9. The van der Waals surface area contributed by atoms with Gasteiger partial charge in [-0.15, -0.1) is 0 Å². The summed E-state index contributed by atoms with van der Waals surface area (Å²) in [6.07, 6.45) is 0. The van der Waals surface area contributed by atoms with Crippen molar-refractivity contribution in [3.8, 4) is 0 Å². The maximum absolute atomic E-state index is 3.24. The molecule has 0 aliphatic heterocycles. The highest BCUT2D eigenvalue weighted by molar-refractivity contribution is 7.18. The van der Waals surface area contributed by atoms with Crippen LogP contribution in [0.2, 0.25) is 118 Å². The Labute approximate surface area is 534 Å². The van der Waals surface area contributed by atoms with E-state index in [0.29, 0.717) is 0 Å². The van der Waals surface area contributed by atoms with E-state index in [1.54, 1.807) is 94.9 Å². The summed E-state index contributed by atoms with van der Waals surface area (Å²) < 4.78 is 0. The van der Waals surface area contributed by atoms with Gasteiger partial charge in [-0.3, -0.25) is 0 Å². The molecule has 0 fully saturated rings. The van der Waals surface area contributed by atoms with Crippen LogP contribution in [0.15, 0.2) is 153 Å². The second-order valence-corrected chi connectivity index (χ2v) is 72.2. The monoisotopic (exact) mass is 1270 g/mol. The molecule has 2 atom stereocenters. The van der Waals surface area contributed by atoms with Crippen molar-refractivity contribution in [1.82, 2.24) is 0 Å². The smallest absolute Gasteiger partial charge is 0.0656 e. The predicted molar refractivity (Wildman–Crippen MR) is 413 cm³/mol. The summed E-state index contributed by atoms with van der Waals surface area (Å²) in [6.45, 7) is 81.7. The molecule has 6 aromatic carbocycles. The molecule has 0 bridgehead atoms. The maximum atomic E-state index is 2.77. The number of aryl methyl sites for hydroxylation is 6. The number of hydrogen-bond acceptors (Lipinski definition) is 0. The lowest BCUT2D eigenvalue weighted by Gasteiger charge is -2.49. The summed E-state index contributed by atoms with van der Waals surface area (Å²) >= 11 is 0. The second kappa shape index (κ2) is 22.4. The standard InChI is InChI=1S/C78H114Si8/c1-51-33-63(79(15,16)17)45-69(39-51)85(70-40-52(2)34-64(46-70)80(18,19)20,71-41-53(3)35-65(47-71)81(21,22)23)75-57(7)59(9)77(13,61(75)11)78(14)60(10)58(8)76(62(78)12)86(72-42-54(4)36-66(48-72)82(24,25)26,73-43-55(5)37-67(49-73)83(27,28)29)74-44-56(6)38-68(50-74)84(30,31)32/h33-50H,1-32H3. The minimum Gasteiger partial charge on any atom is -0.0656 e. The first-order valence-electron chi connectivity index (χ1n) is 32.6.